The lowest BCUT2D eigenvalue weighted by molar-refractivity contribution is -0.128. The Morgan fingerprint density at radius 3 is 2.32 bits per heavy atom. The lowest BCUT2D eigenvalue weighted by atomic mass is 10.1. The quantitative estimate of drug-likeness (QED) is 0.789. The summed E-state index contributed by atoms with van der Waals surface area (Å²) in [6.07, 6.45) is 1.32. The summed E-state index contributed by atoms with van der Waals surface area (Å²) in [5.74, 6) is 0.878. The van der Waals surface area contributed by atoms with Crippen molar-refractivity contribution in [3.63, 3.8) is 0 Å². The van der Waals surface area contributed by atoms with Gasteiger partial charge in [0.15, 0.2) is 11.5 Å². The fraction of sp³-hybridized carbons (Fsp3) is 0.579. The molecule has 1 saturated carbocycles. The van der Waals surface area contributed by atoms with Crippen LogP contribution < -0.4 is 20.1 Å². The molecule has 0 heterocycles. The van der Waals surface area contributed by atoms with Crippen LogP contribution in [-0.2, 0) is 16.0 Å². The smallest absolute Gasteiger partial charge is 0.224 e. The standard InChI is InChI=1S/C19H28N2O4/c1-19(2,3)21-18(23)14-11-13(14)17(22)20-9-8-12-6-7-15(24-4)16(10-12)25-5/h6-7,10,13-14H,8-9,11H2,1-5H3,(H,20,22)(H,21,23). The third-order valence-corrected chi connectivity index (χ3v) is 4.12. The maximum absolute atomic E-state index is 12.2. The average molecular weight is 348 g/mol. The van der Waals surface area contributed by atoms with E-state index in [1.54, 1.807) is 14.2 Å². The Morgan fingerprint density at radius 2 is 1.72 bits per heavy atom. The van der Waals surface area contributed by atoms with Gasteiger partial charge in [0, 0.05) is 12.1 Å². The zero-order valence-corrected chi connectivity index (χ0v) is 15.6. The van der Waals surface area contributed by atoms with Gasteiger partial charge in [0.1, 0.15) is 0 Å². The van der Waals surface area contributed by atoms with Gasteiger partial charge in [0.05, 0.1) is 26.1 Å². The minimum atomic E-state index is -0.270. The summed E-state index contributed by atoms with van der Waals surface area (Å²) in [4.78, 5) is 24.2. The van der Waals surface area contributed by atoms with Crippen molar-refractivity contribution in [2.45, 2.75) is 39.2 Å². The molecule has 2 amide bonds. The third-order valence-electron chi connectivity index (χ3n) is 4.12. The summed E-state index contributed by atoms with van der Waals surface area (Å²) >= 11 is 0. The Labute approximate surface area is 149 Å². The Morgan fingerprint density at radius 1 is 1.08 bits per heavy atom. The van der Waals surface area contributed by atoms with Crippen molar-refractivity contribution in [1.29, 1.82) is 0 Å². The second-order valence-electron chi connectivity index (χ2n) is 7.42. The second-order valence-corrected chi connectivity index (χ2v) is 7.42. The van der Waals surface area contributed by atoms with E-state index in [0.717, 1.165) is 5.56 Å². The predicted octanol–water partition coefficient (Wildman–Crippen LogP) is 1.91. The normalized spacial score (nSPS) is 19.1. The Kier molecular flexibility index (Phi) is 5.93. The van der Waals surface area contributed by atoms with Gasteiger partial charge in [-0.1, -0.05) is 6.07 Å². The zero-order valence-electron chi connectivity index (χ0n) is 15.6. The van der Waals surface area contributed by atoms with Crippen molar-refractivity contribution in [3.05, 3.63) is 23.8 Å². The Balaban J connectivity index is 1.77. The molecule has 0 saturated heterocycles. The van der Waals surface area contributed by atoms with E-state index < -0.39 is 0 Å². The van der Waals surface area contributed by atoms with E-state index in [4.69, 9.17) is 9.47 Å². The maximum Gasteiger partial charge on any atom is 0.224 e. The lowest BCUT2D eigenvalue weighted by Crippen LogP contribution is -2.42. The van der Waals surface area contributed by atoms with Gasteiger partial charge in [0.2, 0.25) is 11.8 Å². The highest BCUT2D eigenvalue weighted by Gasteiger charge is 2.48. The topological polar surface area (TPSA) is 76.7 Å². The van der Waals surface area contributed by atoms with E-state index in [0.29, 0.717) is 30.9 Å². The van der Waals surface area contributed by atoms with Crippen LogP contribution in [0, 0.1) is 11.8 Å². The molecule has 6 nitrogen and oxygen atoms in total. The molecule has 138 valence electrons. The number of carbonyl (C=O) groups excluding carboxylic acids is 2. The first-order valence-corrected chi connectivity index (χ1v) is 8.56. The van der Waals surface area contributed by atoms with Gasteiger partial charge in [-0.3, -0.25) is 9.59 Å². The van der Waals surface area contributed by atoms with Gasteiger partial charge < -0.3 is 20.1 Å². The first-order valence-electron chi connectivity index (χ1n) is 8.56. The number of ether oxygens (including phenoxy) is 2. The molecule has 2 rings (SSSR count). The van der Waals surface area contributed by atoms with Crippen LogP contribution >= 0.6 is 0 Å². The fourth-order valence-electron chi connectivity index (χ4n) is 2.73. The molecule has 1 aromatic rings. The van der Waals surface area contributed by atoms with Crippen LogP contribution in [-0.4, -0.2) is 38.1 Å². The van der Waals surface area contributed by atoms with Gasteiger partial charge in [-0.05, 0) is 51.3 Å². The van der Waals surface area contributed by atoms with Crippen LogP contribution in [0.1, 0.15) is 32.8 Å². The molecule has 0 bridgehead atoms. The number of carbonyl (C=O) groups is 2. The van der Waals surface area contributed by atoms with E-state index in [1.807, 2.05) is 39.0 Å². The molecule has 0 aliphatic heterocycles. The van der Waals surface area contributed by atoms with Crippen molar-refractivity contribution >= 4 is 11.8 Å². The summed E-state index contributed by atoms with van der Waals surface area (Å²) in [5.41, 5.74) is 0.782. The SMILES string of the molecule is COc1ccc(CCNC(=O)C2CC2C(=O)NC(C)(C)C)cc1OC. The van der Waals surface area contributed by atoms with Crippen LogP contribution in [0.2, 0.25) is 0 Å². The minimum absolute atomic E-state index is 0.0347. The molecule has 0 aromatic heterocycles. The summed E-state index contributed by atoms with van der Waals surface area (Å²) < 4.78 is 10.5. The molecule has 1 fully saturated rings. The van der Waals surface area contributed by atoms with Crippen LogP contribution in [0.4, 0.5) is 0 Å². The number of hydrogen-bond acceptors (Lipinski definition) is 4. The molecule has 1 aliphatic rings. The van der Waals surface area contributed by atoms with Crippen molar-refractivity contribution in [2.75, 3.05) is 20.8 Å². The molecular formula is C19H28N2O4. The van der Waals surface area contributed by atoms with Crippen molar-refractivity contribution < 1.29 is 19.1 Å². The average Bonchev–Trinajstić information content (AvgIpc) is 3.33. The van der Waals surface area contributed by atoms with Crippen molar-refractivity contribution in [3.8, 4) is 11.5 Å². The largest absolute Gasteiger partial charge is 0.493 e. The van der Waals surface area contributed by atoms with Crippen LogP contribution in [0.5, 0.6) is 11.5 Å². The van der Waals surface area contributed by atoms with E-state index in [2.05, 4.69) is 10.6 Å². The molecule has 1 aromatic carbocycles. The van der Waals surface area contributed by atoms with E-state index in [-0.39, 0.29) is 29.2 Å². The highest BCUT2D eigenvalue weighted by molar-refractivity contribution is 5.92. The molecule has 0 radical (unpaired) electrons. The van der Waals surface area contributed by atoms with Crippen LogP contribution in [0.3, 0.4) is 0 Å². The minimum Gasteiger partial charge on any atom is -0.493 e. The van der Waals surface area contributed by atoms with Gasteiger partial charge in [-0.2, -0.15) is 0 Å². The van der Waals surface area contributed by atoms with E-state index in [1.165, 1.54) is 0 Å². The Bertz CT molecular complexity index is 637. The lowest BCUT2D eigenvalue weighted by Gasteiger charge is -2.20. The number of hydrogen-bond donors (Lipinski definition) is 2. The number of nitrogens with one attached hydrogen (secondary N) is 2. The number of benzene rings is 1. The Hall–Kier alpha value is -2.24. The van der Waals surface area contributed by atoms with Gasteiger partial charge in [0.25, 0.3) is 0 Å². The molecule has 0 spiro atoms. The van der Waals surface area contributed by atoms with E-state index in [9.17, 15) is 9.59 Å². The third kappa shape index (κ3) is 5.37. The molecule has 6 heteroatoms. The van der Waals surface area contributed by atoms with E-state index >= 15 is 0 Å². The highest BCUT2D eigenvalue weighted by Crippen LogP contribution is 2.39. The second kappa shape index (κ2) is 7.76. The number of rotatable bonds is 7. The number of amides is 2. The maximum atomic E-state index is 12.2. The van der Waals surface area contributed by atoms with Crippen molar-refractivity contribution in [2.24, 2.45) is 11.8 Å². The molecule has 25 heavy (non-hydrogen) atoms. The predicted molar refractivity (Wildman–Crippen MR) is 95.8 cm³/mol. The monoisotopic (exact) mass is 348 g/mol. The fourth-order valence-corrected chi connectivity index (χ4v) is 2.73. The van der Waals surface area contributed by atoms with Gasteiger partial charge >= 0.3 is 0 Å². The first kappa shape index (κ1) is 19.1. The van der Waals surface area contributed by atoms with Gasteiger partial charge in [-0.25, -0.2) is 0 Å². The molecule has 2 N–H and O–H groups in total. The van der Waals surface area contributed by atoms with Crippen molar-refractivity contribution in [1.82, 2.24) is 10.6 Å². The van der Waals surface area contributed by atoms with Crippen LogP contribution in [0.15, 0.2) is 18.2 Å². The van der Waals surface area contributed by atoms with Crippen LogP contribution in [0.25, 0.3) is 0 Å². The number of methoxy groups -OCH3 is 2. The summed E-state index contributed by atoms with van der Waals surface area (Å²) in [7, 11) is 3.19. The highest BCUT2D eigenvalue weighted by atomic mass is 16.5. The summed E-state index contributed by atoms with van der Waals surface area (Å²) in [6, 6.07) is 5.70. The zero-order chi connectivity index (χ0) is 18.6. The molecular weight excluding hydrogens is 320 g/mol. The summed E-state index contributed by atoms with van der Waals surface area (Å²) in [6.45, 7) is 6.33. The summed E-state index contributed by atoms with van der Waals surface area (Å²) in [5, 5.41) is 5.84. The molecule has 1 aliphatic carbocycles. The molecule has 2 atom stereocenters. The van der Waals surface area contributed by atoms with Gasteiger partial charge in [-0.15, -0.1) is 0 Å². The first-order chi connectivity index (χ1) is 11.7. The molecule has 2 unspecified atom stereocenters.